The van der Waals surface area contributed by atoms with E-state index in [1.54, 1.807) is 4.90 Å². The lowest BCUT2D eigenvalue weighted by Crippen LogP contribution is -2.52. The Morgan fingerprint density at radius 1 is 1.10 bits per heavy atom. The SMILES string of the molecule is O=C1CCC(N2Cc3cccc(CNCC4CCC45CCNCC5)c3C2=O)C(=O)N1. The van der Waals surface area contributed by atoms with Gasteiger partial charge in [0.25, 0.3) is 5.91 Å². The second kappa shape index (κ2) is 7.78. The summed E-state index contributed by atoms with van der Waals surface area (Å²) in [5.74, 6) is 0.0274. The van der Waals surface area contributed by atoms with E-state index < -0.39 is 6.04 Å². The minimum atomic E-state index is -0.557. The predicted octanol–water partition coefficient (Wildman–Crippen LogP) is 1.32. The average Bonchev–Trinajstić information content (AvgIpc) is 3.08. The summed E-state index contributed by atoms with van der Waals surface area (Å²) in [7, 11) is 0. The number of nitrogens with one attached hydrogen (secondary N) is 3. The van der Waals surface area contributed by atoms with Crippen LogP contribution in [-0.4, -0.2) is 48.3 Å². The molecule has 1 spiro atoms. The Bertz CT molecular complexity index is 877. The van der Waals surface area contributed by atoms with Gasteiger partial charge in [-0.05, 0) is 74.2 Å². The van der Waals surface area contributed by atoms with Crippen LogP contribution in [0.25, 0.3) is 0 Å². The van der Waals surface area contributed by atoms with E-state index in [9.17, 15) is 14.4 Å². The first-order chi connectivity index (χ1) is 14.6. The monoisotopic (exact) mass is 410 g/mol. The van der Waals surface area contributed by atoms with E-state index in [-0.39, 0.29) is 24.1 Å². The number of fused-ring (bicyclic) bond motifs is 1. The van der Waals surface area contributed by atoms with Crippen molar-refractivity contribution < 1.29 is 14.4 Å². The molecule has 3 N–H and O–H groups in total. The highest BCUT2D eigenvalue weighted by Crippen LogP contribution is 2.52. The Kier molecular flexibility index (Phi) is 5.11. The zero-order valence-corrected chi connectivity index (χ0v) is 17.3. The highest BCUT2D eigenvalue weighted by molar-refractivity contribution is 6.05. The lowest BCUT2D eigenvalue weighted by Gasteiger charge is -2.52. The molecule has 4 aliphatic rings. The van der Waals surface area contributed by atoms with Crippen LogP contribution in [0.15, 0.2) is 18.2 Å². The minimum absolute atomic E-state index is 0.0876. The predicted molar refractivity (Wildman–Crippen MR) is 111 cm³/mol. The quantitative estimate of drug-likeness (QED) is 0.637. The van der Waals surface area contributed by atoms with Gasteiger partial charge in [-0.3, -0.25) is 19.7 Å². The van der Waals surface area contributed by atoms with Gasteiger partial charge in [-0.15, -0.1) is 0 Å². The van der Waals surface area contributed by atoms with Crippen molar-refractivity contribution in [1.29, 1.82) is 0 Å². The third kappa shape index (κ3) is 3.34. The minimum Gasteiger partial charge on any atom is -0.322 e. The van der Waals surface area contributed by atoms with Crippen LogP contribution in [0.2, 0.25) is 0 Å². The molecule has 3 amide bonds. The summed E-state index contributed by atoms with van der Waals surface area (Å²) < 4.78 is 0. The van der Waals surface area contributed by atoms with Crippen LogP contribution in [0, 0.1) is 11.3 Å². The van der Waals surface area contributed by atoms with Crippen molar-refractivity contribution in [2.75, 3.05) is 19.6 Å². The molecular weight excluding hydrogens is 380 g/mol. The maximum absolute atomic E-state index is 13.2. The van der Waals surface area contributed by atoms with Crippen LogP contribution in [0.4, 0.5) is 0 Å². The van der Waals surface area contributed by atoms with E-state index >= 15 is 0 Å². The normalized spacial score (nSPS) is 27.7. The zero-order valence-electron chi connectivity index (χ0n) is 17.3. The Morgan fingerprint density at radius 3 is 2.67 bits per heavy atom. The van der Waals surface area contributed by atoms with Gasteiger partial charge in [0.05, 0.1) is 0 Å². The second-order valence-corrected chi connectivity index (χ2v) is 9.33. The first-order valence-corrected chi connectivity index (χ1v) is 11.2. The summed E-state index contributed by atoms with van der Waals surface area (Å²) >= 11 is 0. The molecule has 1 aromatic rings. The number of piperidine rings is 2. The van der Waals surface area contributed by atoms with E-state index in [1.807, 2.05) is 18.2 Å². The molecule has 0 bridgehead atoms. The third-order valence-corrected chi connectivity index (χ3v) is 7.80. The topological polar surface area (TPSA) is 90.5 Å². The maximum atomic E-state index is 13.2. The van der Waals surface area contributed by atoms with Crippen molar-refractivity contribution in [2.45, 2.75) is 57.7 Å². The summed E-state index contributed by atoms with van der Waals surface area (Å²) in [6.07, 6.45) is 5.88. The number of hydrogen-bond donors (Lipinski definition) is 3. The first kappa shape index (κ1) is 19.7. The molecular formula is C23H30N4O3. The highest BCUT2D eigenvalue weighted by atomic mass is 16.2. The van der Waals surface area contributed by atoms with Gasteiger partial charge in [0.2, 0.25) is 11.8 Å². The summed E-state index contributed by atoms with van der Waals surface area (Å²) in [4.78, 5) is 38.5. The van der Waals surface area contributed by atoms with E-state index in [0.29, 0.717) is 24.9 Å². The van der Waals surface area contributed by atoms with Crippen LogP contribution in [-0.2, 0) is 22.7 Å². The number of carbonyl (C=O) groups excluding carboxylic acids is 3. The summed E-state index contributed by atoms with van der Waals surface area (Å²) in [6.45, 7) is 4.37. The third-order valence-electron chi connectivity index (χ3n) is 7.80. The number of nitrogens with zero attached hydrogens (tertiary/aromatic N) is 1. The Hall–Kier alpha value is -2.25. The van der Waals surface area contributed by atoms with Crippen LogP contribution in [0.1, 0.15) is 60.0 Å². The van der Waals surface area contributed by atoms with Crippen LogP contribution >= 0.6 is 0 Å². The smallest absolute Gasteiger partial charge is 0.255 e. The second-order valence-electron chi connectivity index (χ2n) is 9.33. The molecule has 1 saturated carbocycles. The molecule has 7 heteroatoms. The summed E-state index contributed by atoms with van der Waals surface area (Å²) in [5, 5.41) is 9.46. The molecule has 1 aromatic carbocycles. The molecule has 3 heterocycles. The molecule has 7 nitrogen and oxygen atoms in total. The van der Waals surface area contributed by atoms with E-state index in [0.717, 1.165) is 42.2 Å². The molecule has 1 aliphatic carbocycles. The van der Waals surface area contributed by atoms with Crippen molar-refractivity contribution in [1.82, 2.24) is 20.9 Å². The standard InChI is InChI=1S/C23H30N4O3/c28-19-5-4-18(21(29)26-19)27-14-16-3-1-2-15(20(16)22(27)30)12-25-13-17-6-7-23(17)8-10-24-11-9-23/h1-3,17-18,24-25H,4-14H2,(H,26,28,29). The van der Waals surface area contributed by atoms with Gasteiger partial charge >= 0.3 is 0 Å². The molecule has 2 unspecified atom stereocenters. The lowest BCUT2D eigenvalue weighted by atomic mass is 9.56. The zero-order chi connectivity index (χ0) is 20.7. The fourth-order valence-electron chi connectivity index (χ4n) is 5.88. The first-order valence-electron chi connectivity index (χ1n) is 11.2. The van der Waals surface area contributed by atoms with Crippen molar-refractivity contribution in [3.05, 3.63) is 34.9 Å². The van der Waals surface area contributed by atoms with Gasteiger partial charge in [0, 0.05) is 25.1 Å². The Morgan fingerprint density at radius 2 is 1.93 bits per heavy atom. The van der Waals surface area contributed by atoms with Crippen molar-refractivity contribution in [3.8, 4) is 0 Å². The Labute approximate surface area is 177 Å². The number of rotatable bonds is 5. The van der Waals surface area contributed by atoms with E-state index in [2.05, 4.69) is 16.0 Å². The maximum Gasteiger partial charge on any atom is 0.255 e. The van der Waals surface area contributed by atoms with Crippen LogP contribution in [0.3, 0.4) is 0 Å². The van der Waals surface area contributed by atoms with Crippen molar-refractivity contribution >= 4 is 17.7 Å². The molecule has 5 rings (SSSR count). The molecule has 30 heavy (non-hydrogen) atoms. The molecule has 0 radical (unpaired) electrons. The largest absolute Gasteiger partial charge is 0.322 e. The molecule has 160 valence electrons. The molecule has 2 atom stereocenters. The fourth-order valence-corrected chi connectivity index (χ4v) is 5.88. The van der Waals surface area contributed by atoms with Gasteiger partial charge < -0.3 is 15.5 Å². The lowest BCUT2D eigenvalue weighted by molar-refractivity contribution is -0.136. The van der Waals surface area contributed by atoms with E-state index in [1.165, 1.54) is 25.7 Å². The van der Waals surface area contributed by atoms with Gasteiger partial charge in [0.15, 0.2) is 0 Å². The molecule has 3 aliphatic heterocycles. The van der Waals surface area contributed by atoms with Gasteiger partial charge in [0.1, 0.15) is 6.04 Å². The van der Waals surface area contributed by atoms with Crippen molar-refractivity contribution in [2.24, 2.45) is 11.3 Å². The van der Waals surface area contributed by atoms with Crippen molar-refractivity contribution in [3.63, 3.8) is 0 Å². The number of carbonyl (C=O) groups is 3. The van der Waals surface area contributed by atoms with Gasteiger partial charge in [-0.25, -0.2) is 0 Å². The van der Waals surface area contributed by atoms with Crippen LogP contribution < -0.4 is 16.0 Å². The summed E-state index contributed by atoms with van der Waals surface area (Å²) in [6, 6.07) is 5.42. The number of benzene rings is 1. The van der Waals surface area contributed by atoms with Gasteiger partial charge in [-0.1, -0.05) is 18.2 Å². The number of hydrogen-bond acceptors (Lipinski definition) is 5. The summed E-state index contributed by atoms with van der Waals surface area (Å²) in [5.41, 5.74) is 3.24. The van der Waals surface area contributed by atoms with E-state index in [4.69, 9.17) is 0 Å². The molecule has 3 fully saturated rings. The van der Waals surface area contributed by atoms with Crippen LogP contribution in [0.5, 0.6) is 0 Å². The molecule has 2 saturated heterocycles. The highest BCUT2D eigenvalue weighted by Gasteiger charge is 2.46. The fraction of sp³-hybridized carbons (Fsp3) is 0.609. The van der Waals surface area contributed by atoms with Gasteiger partial charge in [-0.2, -0.15) is 0 Å². The molecule has 0 aromatic heterocycles. The average molecular weight is 411 g/mol. The Balaban J connectivity index is 1.24. The number of amides is 3. The number of imide groups is 1.